The first-order valence-electron chi connectivity index (χ1n) is 6.64. The molecule has 4 nitrogen and oxygen atoms in total. The highest BCUT2D eigenvalue weighted by molar-refractivity contribution is 6.30. The van der Waals surface area contributed by atoms with E-state index in [9.17, 15) is 0 Å². The minimum Gasteiger partial charge on any atom is -0.348 e. The summed E-state index contributed by atoms with van der Waals surface area (Å²) in [5.41, 5.74) is 0.927. The molecule has 0 saturated heterocycles. The van der Waals surface area contributed by atoms with Gasteiger partial charge in [-0.15, -0.1) is 4.99 Å². The predicted octanol–water partition coefficient (Wildman–Crippen LogP) is 2.80. The number of nitriles is 1. The summed E-state index contributed by atoms with van der Waals surface area (Å²) in [6.45, 7) is 0.795. The molecule has 1 aromatic rings. The SMILES string of the molecule is CN(C)C(=NC#N)N(C)CCCC#Cc1cccc(Cl)c1. The van der Waals surface area contributed by atoms with Crippen molar-refractivity contribution in [3.8, 4) is 18.0 Å². The number of hydrogen-bond donors (Lipinski definition) is 0. The van der Waals surface area contributed by atoms with Gasteiger partial charge in [0.1, 0.15) is 0 Å². The number of guanidine groups is 1. The summed E-state index contributed by atoms with van der Waals surface area (Å²) in [4.78, 5) is 7.57. The van der Waals surface area contributed by atoms with E-state index in [0.717, 1.165) is 24.9 Å². The van der Waals surface area contributed by atoms with Gasteiger partial charge in [0.15, 0.2) is 0 Å². The van der Waals surface area contributed by atoms with Crippen LogP contribution in [0.5, 0.6) is 0 Å². The molecule has 0 radical (unpaired) electrons. The van der Waals surface area contributed by atoms with Crippen molar-refractivity contribution in [3.63, 3.8) is 0 Å². The number of unbranched alkanes of at least 4 members (excludes halogenated alkanes) is 1. The Kier molecular flexibility index (Phi) is 7.15. The molecule has 110 valence electrons. The van der Waals surface area contributed by atoms with Gasteiger partial charge in [-0.1, -0.05) is 29.5 Å². The molecule has 0 aliphatic rings. The van der Waals surface area contributed by atoms with E-state index in [1.807, 2.05) is 61.4 Å². The number of halogens is 1. The molecule has 1 aromatic carbocycles. The molecule has 0 aliphatic heterocycles. The molecular weight excluding hydrogens is 284 g/mol. The van der Waals surface area contributed by atoms with Crippen LogP contribution in [0.3, 0.4) is 0 Å². The third-order valence-electron chi connectivity index (χ3n) is 2.74. The monoisotopic (exact) mass is 302 g/mol. The molecule has 0 heterocycles. The first kappa shape index (κ1) is 16.9. The van der Waals surface area contributed by atoms with E-state index in [-0.39, 0.29) is 0 Å². The van der Waals surface area contributed by atoms with Gasteiger partial charge in [-0.2, -0.15) is 5.26 Å². The molecule has 5 heteroatoms. The van der Waals surface area contributed by atoms with Gasteiger partial charge in [0.2, 0.25) is 12.2 Å². The maximum atomic E-state index is 8.67. The molecule has 0 fully saturated rings. The van der Waals surface area contributed by atoms with Crippen LogP contribution >= 0.6 is 11.6 Å². The van der Waals surface area contributed by atoms with Crippen molar-refractivity contribution in [2.75, 3.05) is 27.7 Å². The molecule has 0 aliphatic carbocycles. The fourth-order valence-corrected chi connectivity index (χ4v) is 2.00. The van der Waals surface area contributed by atoms with E-state index in [2.05, 4.69) is 16.8 Å². The minimum atomic E-state index is 0.653. The second kappa shape index (κ2) is 8.89. The van der Waals surface area contributed by atoms with Crippen molar-refractivity contribution in [1.29, 1.82) is 5.26 Å². The molecule has 0 bridgehead atoms. The van der Waals surface area contributed by atoms with Crippen LogP contribution in [-0.4, -0.2) is 43.4 Å². The zero-order valence-electron chi connectivity index (χ0n) is 12.6. The normalized spacial score (nSPS) is 10.3. The summed E-state index contributed by atoms with van der Waals surface area (Å²) < 4.78 is 0. The highest BCUT2D eigenvalue weighted by Crippen LogP contribution is 2.09. The molecule has 21 heavy (non-hydrogen) atoms. The van der Waals surface area contributed by atoms with Gasteiger partial charge < -0.3 is 9.80 Å². The maximum absolute atomic E-state index is 8.67. The number of rotatable bonds is 3. The van der Waals surface area contributed by atoms with Crippen molar-refractivity contribution in [2.45, 2.75) is 12.8 Å². The Morgan fingerprint density at radius 1 is 1.33 bits per heavy atom. The molecule has 0 spiro atoms. The molecule has 0 amide bonds. The third-order valence-corrected chi connectivity index (χ3v) is 2.98. The van der Waals surface area contributed by atoms with Crippen LogP contribution in [0.4, 0.5) is 0 Å². The average Bonchev–Trinajstić information content (AvgIpc) is 2.44. The number of hydrogen-bond acceptors (Lipinski definition) is 2. The molecule has 0 aromatic heterocycles. The summed E-state index contributed by atoms with van der Waals surface area (Å²) in [7, 11) is 5.65. The summed E-state index contributed by atoms with van der Waals surface area (Å²) in [6, 6.07) is 7.51. The zero-order valence-corrected chi connectivity index (χ0v) is 13.4. The number of aliphatic imine (C=N–C) groups is 1. The molecule has 0 saturated carbocycles. The third kappa shape index (κ3) is 6.21. The van der Waals surface area contributed by atoms with E-state index in [1.165, 1.54) is 0 Å². The summed E-state index contributed by atoms with van der Waals surface area (Å²) in [5, 5.41) is 9.37. The smallest absolute Gasteiger partial charge is 0.211 e. The van der Waals surface area contributed by atoms with Crippen LogP contribution in [0.1, 0.15) is 18.4 Å². The van der Waals surface area contributed by atoms with Gasteiger partial charge >= 0.3 is 0 Å². The quantitative estimate of drug-likeness (QED) is 0.283. The predicted molar refractivity (Wildman–Crippen MR) is 86.9 cm³/mol. The summed E-state index contributed by atoms with van der Waals surface area (Å²) in [5.74, 6) is 6.87. The van der Waals surface area contributed by atoms with Crippen molar-refractivity contribution >= 4 is 17.6 Å². The zero-order chi connectivity index (χ0) is 15.7. The fraction of sp³-hybridized carbons (Fsp3) is 0.375. The highest BCUT2D eigenvalue weighted by atomic mass is 35.5. The lowest BCUT2D eigenvalue weighted by Gasteiger charge is -2.24. The van der Waals surface area contributed by atoms with E-state index in [4.69, 9.17) is 16.9 Å². The molecular formula is C16H19ClN4. The Hall–Kier alpha value is -2.17. The summed E-state index contributed by atoms with van der Waals surface area (Å²) >= 11 is 5.90. The molecule has 0 N–H and O–H groups in total. The van der Waals surface area contributed by atoms with Crippen LogP contribution in [-0.2, 0) is 0 Å². The lowest BCUT2D eigenvalue weighted by atomic mass is 10.2. The molecule has 1 rings (SSSR count). The van der Waals surface area contributed by atoms with Gasteiger partial charge in [0.05, 0.1) is 0 Å². The van der Waals surface area contributed by atoms with Gasteiger partial charge in [0, 0.05) is 44.7 Å². The summed E-state index contributed by atoms with van der Waals surface area (Å²) in [6.07, 6.45) is 3.51. The number of benzene rings is 1. The lowest BCUT2D eigenvalue weighted by molar-refractivity contribution is 0.419. The van der Waals surface area contributed by atoms with Crippen molar-refractivity contribution < 1.29 is 0 Å². The Labute approximate surface area is 131 Å². The largest absolute Gasteiger partial charge is 0.348 e. The topological polar surface area (TPSA) is 42.6 Å². The first-order chi connectivity index (χ1) is 10.0. The minimum absolute atomic E-state index is 0.653. The number of nitrogens with zero attached hydrogens (tertiary/aromatic N) is 4. The Morgan fingerprint density at radius 2 is 2.10 bits per heavy atom. The van der Waals surface area contributed by atoms with E-state index < -0.39 is 0 Å². The standard InChI is InChI=1S/C16H19ClN4/c1-20(2)16(19-13-18)21(3)11-6-4-5-8-14-9-7-10-15(17)12-14/h7,9-10,12H,4,6,11H2,1-3H3. The van der Waals surface area contributed by atoms with E-state index in [0.29, 0.717) is 11.0 Å². The second-order valence-electron chi connectivity index (χ2n) is 4.74. The van der Waals surface area contributed by atoms with Gasteiger partial charge in [-0.05, 0) is 24.6 Å². The van der Waals surface area contributed by atoms with Crippen LogP contribution in [0.15, 0.2) is 29.3 Å². The first-order valence-corrected chi connectivity index (χ1v) is 7.02. The average molecular weight is 303 g/mol. The Morgan fingerprint density at radius 3 is 2.71 bits per heavy atom. The fourth-order valence-electron chi connectivity index (χ4n) is 1.81. The Bertz CT molecular complexity index is 590. The van der Waals surface area contributed by atoms with E-state index >= 15 is 0 Å². The van der Waals surface area contributed by atoms with Crippen molar-refractivity contribution in [2.24, 2.45) is 4.99 Å². The van der Waals surface area contributed by atoms with Crippen LogP contribution in [0, 0.1) is 23.3 Å². The highest BCUT2D eigenvalue weighted by Gasteiger charge is 2.07. The van der Waals surface area contributed by atoms with Crippen LogP contribution in [0.2, 0.25) is 5.02 Å². The van der Waals surface area contributed by atoms with Crippen molar-refractivity contribution in [1.82, 2.24) is 9.80 Å². The van der Waals surface area contributed by atoms with Crippen LogP contribution in [0.25, 0.3) is 0 Å². The molecule has 0 atom stereocenters. The lowest BCUT2D eigenvalue weighted by Crippen LogP contribution is -2.38. The second-order valence-corrected chi connectivity index (χ2v) is 5.18. The van der Waals surface area contributed by atoms with E-state index in [1.54, 1.807) is 0 Å². The van der Waals surface area contributed by atoms with Gasteiger partial charge in [-0.3, -0.25) is 0 Å². The van der Waals surface area contributed by atoms with Crippen molar-refractivity contribution in [3.05, 3.63) is 34.9 Å². The Balaban J connectivity index is 2.44. The van der Waals surface area contributed by atoms with Gasteiger partial charge in [-0.25, -0.2) is 0 Å². The van der Waals surface area contributed by atoms with Gasteiger partial charge in [0.25, 0.3) is 0 Å². The van der Waals surface area contributed by atoms with Crippen LogP contribution < -0.4 is 0 Å². The molecule has 0 unspecified atom stereocenters. The maximum Gasteiger partial charge on any atom is 0.211 e.